The summed E-state index contributed by atoms with van der Waals surface area (Å²) >= 11 is 0. The Bertz CT molecular complexity index is 1260. The molecule has 2 aliphatic heterocycles. The Morgan fingerprint density at radius 3 is 2.60 bits per heavy atom. The van der Waals surface area contributed by atoms with Crippen molar-refractivity contribution in [3.63, 3.8) is 0 Å². The van der Waals surface area contributed by atoms with Gasteiger partial charge < -0.3 is 29.3 Å². The van der Waals surface area contributed by atoms with E-state index in [0.29, 0.717) is 24.3 Å². The van der Waals surface area contributed by atoms with Crippen LogP contribution in [0.5, 0.6) is 11.6 Å². The molecule has 45 heavy (non-hydrogen) atoms. The molecular formula is C33H52FN7O4. The van der Waals surface area contributed by atoms with E-state index in [1.54, 1.807) is 12.0 Å². The van der Waals surface area contributed by atoms with Crippen molar-refractivity contribution in [3.05, 3.63) is 35.9 Å². The first kappa shape index (κ1) is 34.9. The second-order valence-electron chi connectivity index (χ2n) is 13.3. The number of amides is 1. The van der Waals surface area contributed by atoms with Gasteiger partial charge in [-0.2, -0.15) is 0 Å². The summed E-state index contributed by atoms with van der Waals surface area (Å²) in [6.07, 6.45) is 4.52. The van der Waals surface area contributed by atoms with Crippen LogP contribution in [0.4, 0.5) is 10.2 Å². The van der Waals surface area contributed by atoms with Gasteiger partial charge in [0, 0.05) is 63.9 Å². The molecule has 2 fully saturated rings. The third kappa shape index (κ3) is 8.46. The van der Waals surface area contributed by atoms with Gasteiger partial charge in [-0.1, -0.05) is 13.8 Å². The number of likely N-dealkylation sites (N-methyl/N-ethyl adjacent to an activating group) is 1. The van der Waals surface area contributed by atoms with Gasteiger partial charge in [0.15, 0.2) is 5.82 Å². The summed E-state index contributed by atoms with van der Waals surface area (Å²) in [6, 6.07) is 4.43. The third-order valence-corrected chi connectivity index (χ3v) is 9.32. The third-order valence-electron chi connectivity index (χ3n) is 9.32. The summed E-state index contributed by atoms with van der Waals surface area (Å²) in [6.45, 7) is 16.3. The number of hydrogen-bond donors (Lipinski definition) is 1. The Hall–Kier alpha value is -2.93. The SMILES string of the molecule is CCN(C(=O)c1cc(F)ccc1Oc1nncnc1N1CCC2(C1)CN(C(CCCN(C)CC(CO)OC)C(C)C)C2)C(C)C. The molecular weight excluding hydrogens is 577 g/mol. The van der Waals surface area contributed by atoms with Crippen LogP contribution in [-0.4, -0.2) is 126 Å². The predicted octanol–water partition coefficient (Wildman–Crippen LogP) is 3.93. The van der Waals surface area contributed by atoms with E-state index in [0.717, 1.165) is 58.5 Å². The molecule has 11 nitrogen and oxygen atoms in total. The van der Waals surface area contributed by atoms with Gasteiger partial charge in [-0.3, -0.25) is 9.69 Å². The number of aliphatic hydroxyl groups excluding tert-OH is 1. The fraction of sp³-hybridized carbons (Fsp3) is 0.697. The average Bonchev–Trinajstić information content (AvgIpc) is 3.44. The van der Waals surface area contributed by atoms with Gasteiger partial charge in [0.1, 0.15) is 17.9 Å². The number of halogens is 1. The summed E-state index contributed by atoms with van der Waals surface area (Å²) in [7, 11) is 3.72. The Labute approximate surface area is 267 Å². The maximum Gasteiger partial charge on any atom is 0.282 e. The van der Waals surface area contributed by atoms with E-state index in [-0.39, 0.29) is 47.3 Å². The van der Waals surface area contributed by atoms with Gasteiger partial charge in [0.05, 0.1) is 18.3 Å². The molecule has 1 spiro atoms. The van der Waals surface area contributed by atoms with Crippen molar-refractivity contribution in [2.24, 2.45) is 11.3 Å². The molecule has 1 aromatic carbocycles. The van der Waals surface area contributed by atoms with Gasteiger partial charge in [-0.15, -0.1) is 10.2 Å². The minimum atomic E-state index is -0.507. The number of rotatable bonds is 16. The molecule has 0 aliphatic carbocycles. The van der Waals surface area contributed by atoms with Crippen molar-refractivity contribution in [1.82, 2.24) is 29.9 Å². The summed E-state index contributed by atoms with van der Waals surface area (Å²) in [5.74, 6) is 0.762. The molecule has 250 valence electrons. The molecule has 2 aliphatic rings. The van der Waals surface area contributed by atoms with Gasteiger partial charge in [0.2, 0.25) is 0 Å². The standard InChI is InChI=1S/C33H52FN7O4/c1-8-41(24(4)5)32(43)27-16-25(34)11-12-29(27)45-31-30(35-22-36-37-31)39-15-13-33(19-39)20-40(21-33)28(23(2)3)10-9-14-38(6)17-26(18-42)44-7/h11-12,16,22-24,26,28,42H,8-10,13-15,17-21H2,1-7H3. The molecule has 2 unspecified atom stereocenters. The summed E-state index contributed by atoms with van der Waals surface area (Å²) in [4.78, 5) is 26.6. The van der Waals surface area contributed by atoms with E-state index in [9.17, 15) is 14.3 Å². The fourth-order valence-corrected chi connectivity index (χ4v) is 6.88. The molecule has 1 N–H and O–H groups in total. The Balaban J connectivity index is 1.39. The van der Waals surface area contributed by atoms with Crippen LogP contribution in [0.25, 0.3) is 0 Å². The van der Waals surface area contributed by atoms with Gasteiger partial charge >= 0.3 is 0 Å². The fourth-order valence-electron chi connectivity index (χ4n) is 6.88. The highest BCUT2D eigenvalue weighted by Crippen LogP contribution is 2.44. The second kappa shape index (κ2) is 15.6. The minimum absolute atomic E-state index is 0.0317. The molecule has 2 atom stereocenters. The highest BCUT2D eigenvalue weighted by atomic mass is 19.1. The van der Waals surface area contributed by atoms with E-state index in [4.69, 9.17) is 9.47 Å². The average molecular weight is 630 g/mol. The lowest BCUT2D eigenvalue weighted by molar-refractivity contribution is -0.0348. The number of carbonyl (C=O) groups is 1. The first-order valence-corrected chi connectivity index (χ1v) is 16.3. The maximum absolute atomic E-state index is 14.3. The van der Waals surface area contributed by atoms with E-state index in [2.05, 4.69) is 50.8 Å². The number of anilines is 1. The Kier molecular flexibility index (Phi) is 12.1. The zero-order valence-corrected chi connectivity index (χ0v) is 28.1. The minimum Gasteiger partial charge on any atom is -0.434 e. The molecule has 0 saturated carbocycles. The monoisotopic (exact) mass is 629 g/mol. The van der Waals surface area contributed by atoms with Crippen LogP contribution >= 0.6 is 0 Å². The number of benzene rings is 1. The molecule has 3 heterocycles. The first-order valence-electron chi connectivity index (χ1n) is 16.3. The number of carbonyl (C=O) groups excluding carboxylic acids is 1. The molecule has 2 saturated heterocycles. The molecule has 1 amide bonds. The van der Waals surface area contributed by atoms with Crippen LogP contribution in [0.15, 0.2) is 24.5 Å². The van der Waals surface area contributed by atoms with Crippen molar-refractivity contribution in [1.29, 1.82) is 0 Å². The number of ether oxygens (including phenoxy) is 2. The maximum atomic E-state index is 14.3. The van der Waals surface area contributed by atoms with Crippen molar-refractivity contribution < 1.29 is 23.8 Å². The normalized spacial score (nSPS) is 17.7. The highest BCUT2D eigenvalue weighted by molar-refractivity contribution is 5.97. The van der Waals surface area contributed by atoms with Crippen LogP contribution in [0.2, 0.25) is 0 Å². The number of likely N-dealkylation sites (tertiary alicyclic amines) is 1. The number of methoxy groups -OCH3 is 1. The Morgan fingerprint density at radius 2 is 1.96 bits per heavy atom. The van der Waals surface area contributed by atoms with Crippen LogP contribution < -0.4 is 9.64 Å². The number of aliphatic hydroxyl groups is 1. The molecule has 0 radical (unpaired) electrons. The largest absolute Gasteiger partial charge is 0.434 e. The van der Waals surface area contributed by atoms with Crippen molar-refractivity contribution in [2.75, 3.05) is 71.5 Å². The van der Waals surface area contributed by atoms with Crippen molar-refractivity contribution in [2.45, 2.75) is 72.1 Å². The molecule has 2 aromatic rings. The zero-order valence-electron chi connectivity index (χ0n) is 28.1. The topological polar surface area (TPSA) is 107 Å². The Morgan fingerprint density at radius 1 is 1.20 bits per heavy atom. The van der Waals surface area contributed by atoms with Gasteiger partial charge in [0.25, 0.3) is 11.8 Å². The quantitative estimate of drug-likeness (QED) is 0.294. The summed E-state index contributed by atoms with van der Waals surface area (Å²) in [5.41, 5.74) is 0.321. The lowest BCUT2D eigenvalue weighted by Gasteiger charge is -2.53. The van der Waals surface area contributed by atoms with Gasteiger partial charge in [-0.05, 0) is 77.7 Å². The van der Waals surface area contributed by atoms with Crippen LogP contribution in [-0.2, 0) is 4.74 Å². The van der Waals surface area contributed by atoms with E-state index in [1.165, 1.54) is 24.5 Å². The first-order chi connectivity index (χ1) is 21.5. The van der Waals surface area contributed by atoms with Crippen LogP contribution in [0.3, 0.4) is 0 Å². The number of aromatic nitrogens is 3. The summed E-state index contributed by atoms with van der Waals surface area (Å²) < 4.78 is 25.8. The number of nitrogens with zero attached hydrogens (tertiary/aromatic N) is 7. The molecule has 1 aromatic heterocycles. The lowest BCUT2D eigenvalue weighted by Crippen LogP contribution is -2.62. The van der Waals surface area contributed by atoms with Crippen LogP contribution in [0, 0.1) is 17.2 Å². The van der Waals surface area contributed by atoms with E-state index >= 15 is 0 Å². The lowest BCUT2D eigenvalue weighted by atomic mass is 9.76. The highest BCUT2D eigenvalue weighted by Gasteiger charge is 2.50. The van der Waals surface area contributed by atoms with Gasteiger partial charge in [-0.25, -0.2) is 9.37 Å². The van der Waals surface area contributed by atoms with Crippen molar-refractivity contribution >= 4 is 11.7 Å². The van der Waals surface area contributed by atoms with E-state index < -0.39 is 5.82 Å². The smallest absolute Gasteiger partial charge is 0.282 e. The van der Waals surface area contributed by atoms with Crippen LogP contribution in [0.1, 0.15) is 64.2 Å². The predicted molar refractivity (Wildman–Crippen MR) is 172 cm³/mol. The molecule has 4 rings (SSSR count). The van der Waals surface area contributed by atoms with Crippen molar-refractivity contribution in [3.8, 4) is 11.6 Å². The molecule has 12 heteroatoms. The van der Waals surface area contributed by atoms with E-state index in [1.807, 2.05) is 20.8 Å². The second-order valence-corrected chi connectivity index (χ2v) is 13.3. The summed E-state index contributed by atoms with van der Waals surface area (Å²) in [5, 5.41) is 17.6. The molecule has 0 bridgehead atoms. The number of hydrogen-bond acceptors (Lipinski definition) is 10. The zero-order chi connectivity index (χ0) is 32.7.